The van der Waals surface area contributed by atoms with Crippen molar-refractivity contribution in [1.82, 2.24) is 10.3 Å². The monoisotopic (exact) mass is 327 g/mol. The van der Waals surface area contributed by atoms with Crippen LogP contribution >= 0.6 is 36.2 Å². The van der Waals surface area contributed by atoms with Gasteiger partial charge in [0.1, 0.15) is 5.01 Å². The van der Waals surface area contributed by atoms with E-state index in [1.165, 1.54) is 0 Å². The molecule has 0 saturated heterocycles. The molecule has 1 rings (SSSR count). The second kappa shape index (κ2) is 9.53. The first-order chi connectivity index (χ1) is 7.90. The molecular weight excluding hydrogens is 305 g/mol. The highest BCUT2D eigenvalue weighted by molar-refractivity contribution is 7.11. The molecule has 0 radical (unpaired) electrons. The Hall–Kier alpha value is -0.360. The minimum absolute atomic E-state index is 0. The standard InChI is InChI=1S/C12H21N3OS.2ClH/c1-7(2)5-10(13)11(16)15-9(4)12-14-6-8(3)17-12;;/h6-7,9-10H,5,13H2,1-4H3,(H,15,16);2*1H/t9?,10-;;/m0../s1. The van der Waals surface area contributed by atoms with E-state index in [4.69, 9.17) is 5.73 Å². The topological polar surface area (TPSA) is 68.0 Å². The molecule has 1 aromatic heterocycles. The highest BCUT2D eigenvalue weighted by Gasteiger charge is 2.18. The third-order valence-electron chi connectivity index (χ3n) is 2.43. The Kier molecular flexibility index (Phi) is 10.5. The van der Waals surface area contributed by atoms with Crippen LogP contribution in [-0.2, 0) is 4.79 Å². The summed E-state index contributed by atoms with van der Waals surface area (Å²) in [6, 6.07) is -0.502. The summed E-state index contributed by atoms with van der Waals surface area (Å²) in [5, 5.41) is 3.82. The van der Waals surface area contributed by atoms with Gasteiger partial charge in [-0.25, -0.2) is 4.98 Å². The molecule has 0 bridgehead atoms. The Balaban J connectivity index is 0. The second-order valence-electron chi connectivity index (χ2n) is 4.78. The molecule has 1 amide bonds. The van der Waals surface area contributed by atoms with Gasteiger partial charge < -0.3 is 11.1 Å². The van der Waals surface area contributed by atoms with Gasteiger partial charge >= 0.3 is 0 Å². The normalized spacial score (nSPS) is 13.2. The minimum Gasteiger partial charge on any atom is -0.346 e. The van der Waals surface area contributed by atoms with Crippen molar-refractivity contribution >= 4 is 42.1 Å². The van der Waals surface area contributed by atoms with Crippen molar-refractivity contribution in [3.63, 3.8) is 0 Å². The zero-order chi connectivity index (χ0) is 13.0. The Labute approximate surface area is 131 Å². The first kappa shape index (κ1) is 20.9. The van der Waals surface area contributed by atoms with Gasteiger partial charge in [0.25, 0.3) is 0 Å². The fraction of sp³-hybridized carbons (Fsp3) is 0.667. The fourth-order valence-electron chi connectivity index (χ4n) is 1.57. The van der Waals surface area contributed by atoms with E-state index in [2.05, 4.69) is 24.1 Å². The van der Waals surface area contributed by atoms with Crippen LogP contribution in [0.1, 0.15) is 43.1 Å². The number of rotatable bonds is 5. The van der Waals surface area contributed by atoms with Gasteiger partial charge in [-0.2, -0.15) is 0 Å². The molecule has 0 aromatic carbocycles. The lowest BCUT2D eigenvalue weighted by Gasteiger charge is -2.17. The number of nitrogens with one attached hydrogen (secondary N) is 1. The van der Waals surface area contributed by atoms with E-state index in [1.807, 2.05) is 20.0 Å². The Bertz CT molecular complexity index is 385. The predicted molar refractivity (Wildman–Crippen MR) is 85.3 cm³/mol. The summed E-state index contributed by atoms with van der Waals surface area (Å²) in [6.07, 6.45) is 2.52. The van der Waals surface area contributed by atoms with E-state index in [-0.39, 0.29) is 36.8 Å². The molecular formula is C12H23Cl2N3OS. The Morgan fingerprint density at radius 2 is 2.00 bits per heavy atom. The molecule has 112 valence electrons. The molecule has 19 heavy (non-hydrogen) atoms. The van der Waals surface area contributed by atoms with Gasteiger partial charge in [-0.3, -0.25) is 4.79 Å². The summed E-state index contributed by atoms with van der Waals surface area (Å²) >= 11 is 1.60. The van der Waals surface area contributed by atoms with Crippen molar-refractivity contribution in [2.75, 3.05) is 0 Å². The van der Waals surface area contributed by atoms with Gasteiger partial charge in [-0.05, 0) is 26.2 Å². The number of thiazole rings is 1. The summed E-state index contributed by atoms with van der Waals surface area (Å²) < 4.78 is 0. The summed E-state index contributed by atoms with van der Waals surface area (Å²) in [4.78, 5) is 17.2. The number of nitrogens with zero attached hydrogens (tertiary/aromatic N) is 1. The number of hydrogen-bond acceptors (Lipinski definition) is 4. The largest absolute Gasteiger partial charge is 0.346 e. The van der Waals surface area contributed by atoms with E-state index in [0.717, 1.165) is 9.88 Å². The third kappa shape index (κ3) is 7.11. The molecule has 0 saturated carbocycles. The minimum atomic E-state index is -0.432. The van der Waals surface area contributed by atoms with E-state index in [1.54, 1.807) is 11.3 Å². The fourth-order valence-corrected chi connectivity index (χ4v) is 2.35. The zero-order valence-corrected chi connectivity index (χ0v) is 14.1. The van der Waals surface area contributed by atoms with Crippen molar-refractivity contribution in [3.8, 4) is 0 Å². The Morgan fingerprint density at radius 3 is 2.42 bits per heavy atom. The lowest BCUT2D eigenvalue weighted by molar-refractivity contribution is -0.123. The first-order valence-corrected chi connectivity index (χ1v) is 6.70. The van der Waals surface area contributed by atoms with Gasteiger partial charge in [-0.15, -0.1) is 36.2 Å². The summed E-state index contributed by atoms with van der Waals surface area (Å²) in [5.41, 5.74) is 5.82. The molecule has 3 N–H and O–H groups in total. The predicted octanol–water partition coefficient (Wildman–Crippen LogP) is 2.85. The van der Waals surface area contributed by atoms with Crippen LogP contribution in [0, 0.1) is 12.8 Å². The van der Waals surface area contributed by atoms with E-state index < -0.39 is 6.04 Å². The number of nitrogens with two attached hydrogens (primary N) is 1. The average Bonchev–Trinajstić information content (AvgIpc) is 2.63. The van der Waals surface area contributed by atoms with Crippen LogP contribution < -0.4 is 11.1 Å². The molecule has 0 aliphatic heterocycles. The number of carbonyl (C=O) groups is 1. The van der Waals surface area contributed by atoms with Gasteiger partial charge in [-0.1, -0.05) is 13.8 Å². The quantitative estimate of drug-likeness (QED) is 0.873. The zero-order valence-electron chi connectivity index (χ0n) is 11.7. The maximum atomic E-state index is 11.8. The average molecular weight is 328 g/mol. The SMILES string of the molecule is Cc1cnc(C(C)NC(=O)[C@@H](N)CC(C)C)s1.Cl.Cl. The number of aryl methyl sites for hydroxylation is 1. The maximum absolute atomic E-state index is 11.8. The van der Waals surface area contributed by atoms with Crippen LogP contribution in [0.5, 0.6) is 0 Å². The number of hydrogen-bond donors (Lipinski definition) is 2. The van der Waals surface area contributed by atoms with Gasteiger partial charge in [0, 0.05) is 11.1 Å². The number of aromatic nitrogens is 1. The molecule has 0 aliphatic carbocycles. The molecule has 0 fully saturated rings. The Morgan fingerprint density at radius 1 is 1.42 bits per heavy atom. The van der Waals surface area contributed by atoms with Gasteiger partial charge in [0.2, 0.25) is 5.91 Å². The van der Waals surface area contributed by atoms with Crippen LogP contribution in [0.4, 0.5) is 0 Å². The molecule has 1 heterocycles. The highest BCUT2D eigenvalue weighted by atomic mass is 35.5. The summed E-state index contributed by atoms with van der Waals surface area (Å²) in [6.45, 7) is 8.04. The van der Waals surface area contributed by atoms with Crippen LogP contribution in [0.2, 0.25) is 0 Å². The lowest BCUT2D eigenvalue weighted by Crippen LogP contribution is -2.42. The number of carbonyl (C=O) groups excluding carboxylic acids is 1. The van der Waals surface area contributed by atoms with Crippen molar-refractivity contribution < 1.29 is 4.79 Å². The van der Waals surface area contributed by atoms with Crippen molar-refractivity contribution in [2.24, 2.45) is 11.7 Å². The lowest BCUT2D eigenvalue weighted by atomic mass is 10.0. The second-order valence-corrected chi connectivity index (χ2v) is 6.04. The molecule has 1 unspecified atom stereocenters. The summed E-state index contributed by atoms with van der Waals surface area (Å²) in [7, 11) is 0. The number of halogens is 2. The van der Waals surface area contributed by atoms with Crippen LogP contribution in [0.3, 0.4) is 0 Å². The van der Waals surface area contributed by atoms with Crippen molar-refractivity contribution in [3.05, 3.63) is 16.1 Å². The van der Waals surface area contributed by atoms with E-state index >= 15 is 0 Å². The first-order valence-electron chi connectivity index (χ1n) is 5.88. The maximum Gasteiger partial charge on any atom is 0.237 e. The van der Waals surface area contributed by atoms with Crippen molar-refractivity contribution in [1.29, 1.82) is 0 Å². The molecule has 0 aliphatic rings. The highest BCUT2D eigenvalue weighted by Crippen LogP contribution is 2.19. The van der Waals surface area contributed by atoms with Gasteiger partial charge in [0.15, 0.2) is 0 Å². The molecule has 0 spiro atoms. The van der Waals surface area contributed by atoms with Crippen molar-refractivity contribution in [2.45, 2.75) is 46.2 Å². The van der Waals surface area contributed by atoms with Crippen LogP contribution in [0.15, 0.2) is 6.20 Å². The number of amides is 1. The van der Waals surface area contributed by atoms with Crippen LogP contribution in [-0.4, -0.2) is 16.9 Å². The molecule has 2 atom stereocenters. The summed E-state index contributed by atoms with van der Waals surface area (Å²) in [5.74, 6) is 0.326. The van der Waals surface area contributed by atoms with Crippen LogP contribution in [0.25, 0.3) is 0 Å². The smallest absolute Gasteiger partial charge is 0.237 e. The van der Waals surface area contributed by atoms with Gasteiger partial charge in [0.05, 0.1) is 12.1 Å². The molecule has 1 aromatic rings. The van der Waals surface area contributed by atoms with E-state index in [9.17, 15) is 4.79 Å². The third-order valence-corrected chi connectivity index (χ3v) is 3.53. The molecule has 7 heteroatoms. The molecule has 4 nitrogen and oxygen atoms in total. The van der Waals surface area contributed by atoms with E-state index in [0.29, 0.717) is 12.3 Å².